The van der Waals surface area contributed by atoms with E-state index in [1.807, 2.05) is 54.6 Å². The van der Waals surface area contributed by atoms with Crippen molar-refractivity contribution in [2.24, 2.45) is 0 Å². The van der Waals surface area contributed by atoms with Crippen LogP contribution in [0.2, 0.25) is 0 Å². The molecule has 0 fully saturated rings. The van der Waals surface area contributed by atoms with Crippen molar-refractivity contribution in [3.63, 3.8) is 0 Å². The van der Waals surface area contributed by atoms with Crippen LogP contribution < -0.4 is 4.74 Å². The molecule has 0 saturated carbocycles. The molecular weight excluding hydrogens is 328 g/mol. The van der Waals surface area contributed by atoms with E-state index in [-0.39, 0.29) is 5.69 Å². The molecule has 128 valence electrons. The van der Waals surface area contributed by atoms with Gasteiger partial charge in [-0.15, -0.1) is 0 Å². The summed E-state index contributed by atoms with van der Waals surface area (Å²) in [5.74, 6) is 0.654. The number of pyridine rings is 1. The fourth-order valence-electron chi connectivity index (χ4n) is 2.85. The Morgan fingerprint density at radius 3 is 2.50 bits per heavy atom. The third kappa shape index (κ3) is 3.40. The van der Waals surface area contributed by atoms with Crippen molar-refractivity contribution in [3.05, 3.63) is 83.7 Å². The molecule has 0 N–H and O–H groups in total. The Labute approximate surface area is 151 Å². The first kappa shape index (κ1) is 17.2. The van der Waals surface area contributed by atoms with Crippen LogP contribution in [0.15, 0.2) is 66.9 Å². The fourth-order valence-corrected chi connectivity index (χ4v) is 2.85. The van der Waals surface area contributed by atoms with Gasteiger partial charge in [-0.1, -0.05) is 48.5 Å². The molecule has 0 radical (unpaired) electrons. The van der Waals surface area contributed by atoms with Crippen molar-refractivity contribution in [3.8, 4) is 22.9 Å². The quantitative estimate of drug-likeness (QED) is 0.634. The van der Waals surface area contributed by atoms with Crippen LogP contribution in [-0.4, -0.2) is 18.6 Å². The number of hydrogen-bond acceptors (Lipinski definition) is 5. The zero-order chi connectivity index (χ0) is 18.4. The minimum atomic E-state index is -0.645. The maximum absolute atomic E-state index is 11.1. The lowest BCUT2D eigenvalue weighted by molar-refractivity contribution is -0.132. The minimum Gasteiger partial charge on any atom is -0.496 e. The Morgan fingerprint density at radius 2 is 1.81 bits per heavy atom. The van der Waals surface area contributed by atoms with Crippen molar-refractivity contribution in [1.82, 2.24) is 4.98 Å². The first-order chi connectivity index (χ1) is 12.8. The molecule has 26 heavy (non-hydrogen) atoms. The molecule has 0 bridgehead atoms. The normalized spacial score (nSPS) is 11.2. The number of nitriles is 1. The maximum atomic E-state index is 11.1. The highest BCUT2D eigenvalue weighted by Gasteiger charge is 2.22. The summed E-state index contributed by atoms with van der Waals surface area (Å²) in [5, 5.41) is 9.25. The van der Waals surface area contributed by atoms with Gasteiger partial charge in [0.15, 0.2) is 6.10 Å². The number of aromatic nitrogens is 1. The van der Waals surface area contributed by atoms with Crippen LogP contribution in [0, 0.1) is 11.3 Å². The summed E-state index contributed by atoms with van der Waals surface area (Å²) in [6.07, 6.45) is 0.926. The second kappa shape index (κ2) is 7.95. The molecule has 1 heterocycles. The summed E-state index contributed by atoms with van der Waals surface area (Å²) in [7, 11) is 1.58. The van der Waals surface area contributed by atoms with Gasteiger partial charge in [0.1, 0.15) is 17.5 Å². The van der Waals surface area contributed by atoms with E-state index in [1.54, 1.807) is 19.4 Å². The van der Waals surface area contributed by atoms with Crippen LogP contribution in [0.5, 0.6) is 5.75 Å². The molecule has 2 aromatic carbocycles. The Morgan fingerprint density at radius 1 is 1.08 bits per heavy atom. The van der Waals surface area contributed by atoms with Crippen LogP contribution in [0.1, 0.15) is 22.9 Å². The first-order valence-corrected chi connectivity index (χ1v) is 7.96. The van der Waals surface area contributed by atoms with E-state index in [2.05, 4.69) is 11.1 Å². The number of ether oxygens (including phenoxy) is 2. The van der Waals surface area contributed by atoms with Gasteiger partial charge in [-0.2, -0.15) is 5.26 Å². The molecule has 1 atom stereocenters. The van der Waals surface area contributed by atoms with Crippen LogP contribution in [0.25, 0.3) is 11.1 Å². The van der Waals surface area contributed by atoms with E-state index in [0.29, 0.717) is 17.8 Å². The lowest BCUT2D eigenvalue weighted by atomic mass is 9.93. The number of rotatable bonds is 6. The molecule has 0 aliphatic rings. The van der Waals surface area contributed by atoms with Crippen molar-refractivity contribution in [2.45, 2.75) is 6.10 Å². The van der Waals surface area contributed by atoms with Crippen LogP contribution >= 0.6 is 0 Å². The second-order valence-electron chi connectivity index (χ2n) is 5.49. The van der Waals surface area contributed by atoms with E-state index >= 15 is 0 Å². The molecule has 0 aliphatic carbocycles. The van der Waals surface area contributed by atoms with Gasteiger partial charge in [-0.3, -0.25) is 4.79 Å². The summed E-state index contributed by atoms with van der Waals surface area (Å²) in [4.78, 5) is 15.3. The van der Waals surface area contributed by atoms with Gasteiger partial charge in [0, 0.05) is 17.3 Å². The van der Waals surface area contributed by atoms with Gasteiger partial charge < -0.3 is 9.47 Å². The van der Waals surface area contributed by atoms with Crippen molar-refractivity contribution >= 4 is 6.47 Å². The Hall–Kier alpha value is -3.65. The predicted molar refractivity (Wildman–Crippen MR) is 96.4 cm³/mol. The number of hydrogen-bond donors (Lipinski definition) is 0. The van der Waals surface area contributed by atoms with Crippen molar-refractivity contribution < 1.29 is 14.3 Å². The lowest BCUT2D eigenvalue weighted by Gasteiger charge is -2.20. The Kier molecular flexibility index (Phi) is 5.25. The number of carbonyl (C=O) groups is 1. The second-order valence-corrected chi connectivity index (χ2v) is 5.49. The maximum Gasteiger partial charge on any atom is 0.294 e. The van der Waals surface area contributed by atoms with E-state index < -0.39 is 6.10 Å². The van der Waals surface area contributed by atoms with Crippen molar-refractivity contribution in [2.75, 3.05) is 7.11 Å². The highest BCUT2D eigenvalue weighted by Crippen LogP contribution is 2.37. The summed E-state index contributed by atoms with van der Waals surface area (Å²) in [6.45, 7) is 0.419. The molecule has 0 spiro atoms. The molecule has 0 saturated heterocycles. The van der Waals surface area contributed by atoms with Gasteiger partial charge in [-0.05, 0) is 23.3 Å². The molecular formula is C21H16N2O3. The molecule has 1 aromatic heterocycles. The van der Waals surface area contributed by atoms with Crippen LogP contribution in [0.3, 0.4) is 0 Å². The summed E-state index contributed by atoms with van der Waals surface area (Å²) >= 11 is 0. The van der Waals surface area contributed by atoms with Crippen LogP contribution in [0.4, 0.5) is 0 Å². The fraction of sp³-hybridized carbons (Fsp3) is 0.0952. The first-order valence-electron chi connectivity index (χ1n) is 7.96. The van der Waals surface area contributed by atoms with E-state index in [4.69, 9.17) is 9.47 Å². The zero-order valence-electron chi connectivity index (χ0n) is 14.1. The number of benzene rings is 2. The summed E-state index contributed by atoms with van der Waals surface area (Å²) in [6, 6.07) is 20.6. The van der Waals surface area contributed by atoms with Gasteiger partial charge in [0.05, 0.1) is 7.11 Å². The van der Waals surface area contributed by atoms with E-state index in [9.17, 15) is 10.1 Å². The van der Waals surface area contributed by atoms with Gasteiger partial charge in [-0.25, -0.2) is 4.98 Å². The van der Waals surface area contributed by atoms with E-state index in [0.717, 1.165) is 16.7 Å². The number of para-hydroxylation sites is 1. The highest BCUT2D eigenvalue weighted by molar-refractivity contribution is 5.75. The highest BCUT2D eigenvalue weighted by atomic mass is 16.5. The van der Waals surface area contributed by atoms with Gasteiger partial charge in [0.2, 0.25) is 0 Å². The topological polar surface area (TPSA) is 72.2 Å². The molecule has 5 nitrogen and oxygen atoms in total. The van der Waals surface area contributed by atoms with Crippen molar-refractivity contribution in [1.29, 1.82) is 5.26 Å². The number of nitrogens with zero attached hydrogens (tertiary/aromatic N) is 2. The van der Waals surface area contributed by atoms with Gasteiger partial charge in [0.25, 0.3) is 6.47 Å². The molecule has 5 heteroatoms. The Bertz CT molecular complexity index is 949. The van der Waals surface area contributed by atoms with Gasteiger partial charge >= 0.3 is 0 Å². The zero-order valence-corrected chi connectivity index (χ0v) is 14.1. The number of methoxy groups -OCH3 is 1. The monoisotopic (exact) mass is 344 g/mol. The molecule has 3 rings (SSSR count). The minimum absolute atomic E-state index is 0.271. The third-order valence-electron chi connectivity index (χ3n) is 4.02. The average molecular weight is 344 g/mol. The molecule has 0 aliphatic heterocycles. The Balaban J connectivity index is 2.24. The SMILES string of the molecule is COc1ccccc1-c1cc(C#N)ncc1C(OC=O)c1ccccc1. The van der Waals surface area contributed by atoms with E-state index in [1.165, 1.54) is 0 Å². The molecule has 1 unspecified atom stereocenters. The number of carbonyl (C=O) groups excluding carboxylic acids is 1. The smallest absolute Gasteiger partial charge is 0.294 e. The standard InChI is InChI=1S/C21H16N2O3/c1-25-20-10-6-5-9-17(20)18-11-16(12-22)23-13-19(18)21(26-14-24)15-7-3-2-4-8-15/h2-11,13-14,21H,1H3. The largest absolute Gasteiger partial charge is 0.496 e. The molecule has 0 amide bonds. The lowest BCUT2D eigenvalue weighted by Crippen LogP contribution is -2.08. The van der Waals surface area contributed by atoms with Crippen LogP contribution in [-0.2, 0) is 9.53 Å². The summed E-state index contributed by atoms with van der Waals surface area (Å²) in [5.41, 5.74) is 3.27. The third-order valence-corrected chi connectivity index (χ3v) is 4.02. The summed E-state index contributed by atoms with van der Waals surface area (Å²) < 4.78 is 10.8. The average Bonchev–Trinajstić information content (AvgIpc) is 2.72. The predicted octanol–water partition coefficient (Wildman–Crippen LogP) is 3.89. The molecule has 3 aromatic rings.